The van der Waals surface area contributed by atoms with Crippen molar-refractivity contribution in [2.75, 3.05) is 11.9 Å². The smallest absolute Gasteiger partial charge is 0.263 e. The fourth-order valence-electron chi connectivity index (χ4n) is 2.49. The van der Waals surface area contributed by atoms with Gasteiger partial charge in [-0.15, -0.1) is 22.7 Å². The molecule has 1 N–H and O–H groups in total. The highest BCUT2D eigenvalue weighted by molar-refractivity contribution is 7.15. The summed E-state index contributed by atoms with van der Waals surface area (Å²) in [6.07, 6.45) is 0. The molecule has 1 amide bonds. The maximum absolute atomic E-state index is 12.3. The van der Waals surface area contributed by atoms with Gasteiger partial charge in [0.15, 0.2) is 6.61 Å². The summed E-state index contributed by atoms with van der Waals surface area (Å²) in [6.45, 7) is 1.74. The van der Waals surface area contributed by atoms with Crippen LogP contribution in [0.1, 0.15) is 5.69 Å². The highest BCUT2D eigenvalue weighted by Crippen LogP contribution is 2.29. The Morgan fingerprint density at radius 1 is 1.25 bits per heavy atom. The summed E-state index contributed by atoms with van der Waals surface area (Å²) in [5.74, 6) is 0.838. The molecular weight excluding hydrogens is 416 g/mol. The number of hydrogen-bond donors (Lipinski definition) is 1. The van der Waals surface area contributed by atoms with E-state index in [0.717, 1.165) is 16.3 Å². The van der Waals surface area contributed by atoms with E-state index in [1.54, 1.807) is 46.4 Å². The predicted molar refractivity (Wildman–Crippen MR) is 113 cm³/mol. The number of halogens is 1. The molecular formula is C19H15ClN4O2S2. The van der Waals surface area contributed by atoms with E-state index in [-0.39, 0.29) is 12.5 Å². The average molecular weight is 431 g/mol. The van der Waals surface area contributed by atoms with Crippen molar-refractivity contribution in [1.29, 1.82) is 0 Å². The van der Waals surface area contributed by atoms with Crippen LogP contribution in [0.2, 0.25) is 5.02 Å². The molecule has 0 spiro atoms. The fraction of sp³-hybridized carbons (Fsp3) is 0.105. The molecule has 4 rings (SSSR count). The molecule has 0 fully saturated rings. The van der Waals surface area contributed by atoms with Gasteiger partial charge < -0.3 is 10.1 Å². The van der Waals surface area contributed by atoms with Gasteiger partial charge >= 0.3 is 0 Å². The Hall–Kier alpha value is -2.68. The molecule has 3 heterocycles. The second-order valence-electron chi connectivity index (χ2n) is 5.87. The number of hydrogen-bond acceptors (Lipinski definition) is 6. The Morgan fingerprint density at radius 3 is 2.82 bits per heavy atom. The quantitative estimate of drug-likeness (QED) is 0.465. The lowest BCUT2D eigenvalue weighted by Crippen LogP contribution is -2.21. The number of rotatable bonds is 6. The Balaban J connectivity index is 1.47. The molecule has 0 radical (unpaired) electrons. The first-order chi connectivity index (χ1) is 13.6. The topological polar surface area (TPSA) is 69.0 Å². The monoisotopic (exact) mass is 430 g/mol. The standard InChI is InChI=1S/C19H15ClN4O2S2/c1-12-9-17(22-18(25)10-26-14-6-4-13(20)5-7-14)24(23-12)19-21-15(11-28-19)16-3-2-8-27-16/h2-9,11H,10H2,1H3,(H,22,25). The van der Waals surface area contributed by atoms with Gasteiger partial charge in [0.1, 0.15) is 11.6 Å². The minimum Gasteiger partial charge on any atom is -0.484 e. The van der Waals surface area contributed by atoms with Crippen molar-refractivity contribution in [3.63, 3.8) is 0 Å². The van der Waals surface area contributed by atoms with Gasteiger partial charge in [0.25, 0.3) is 5.91 Å². The van der Waals surface area contributed by atoms with E-state index in [1.807, 2.05) is 29.8 Å². The molecule has 0 bridgehead atoms. The Labute approximate surface area is 174 Å². The number of carbonyl (C=O) groups excluding carboxylic acids is 1. The third-order valence-corrected chi connectivity index (χ3v) is 5.69. The number of nitrogens with zero attached hydrogens (tertiary/aromatic N) is 3. The van der Waals surface area contributed by atoms with Gasteiger partial charge in [-0.25, -0.2) is 4.98 Å². The number of ether oxygens (including phenoxy) is 1. The van der Waals surface area contributed by atoms with Crippen molar-refractivity contribution in [3.05, 3.63) is 63.9 Å². The van der Waals surface area contributed by atoms with Crippen LogP contribution in [-0.4, -0.2) is 27.3 Å². The lowest BCUT2D eigenvalue weighted by Gasteiger charge is -2.08. The number of carbonyl (C=O) groups is 1. The van der Waals surface area contributed by atoms with Crippen molar-refractivity contribution >= 4 is 46.0 Å². The number of thiazole rings is 1. The Morgan fingerprint density at radius 2 is 2.07 bits per heavy atom. The van der Waals surface area contributed by atoms with Crippen LogP contribution in [0.4, 0.5) is 5.82 Å². The van der Waals surface area contributed by atoms with Crippen LogP contribution in [0.3, 0.4) is 0 Å². The van der Waals surface area contributed by atoms with E-state index < -0.39 is 0 Å². The summed E-state index contributed by atoms with van der Waals surface area (Å²) >= 11 is 8.94. The van der Waals surface area contributed by atoms with Gasteiger partial charge in [-0.1, -0.05) is 17.7 Å². The first kappa shape index (κ1) is 18.7. The van der Waals surface area contributed by atoms with Gasteiger partial charge in [-0.2, -0.15) is 9.78 Å². The third kappa shape index (κ3) is 4.24. The molecule has 6 nitrogen and oxygen atoms in total. The summed E-state index contributed by atoms with van der Waals surface area (Å²) in [7, 11) is 0. The molecule has 0 atom stereocenters. The number of thiophene rings is 1. The molecule has 0 saturated carbocycles. The van der Waals surface area contributed by atoms with Crippen LogP contribution in [0, 0.1) is 6.92 Å². The van der Waals surface area contributed by atoms with Crippen LogP contribution >= 0.6 is 34.3 Å². The van der Waals surface area contributed by atoms with E-state index in [9.17, 15) is 4.79 Å². The van der Waals surface area contributed by atoms with Crippen LogP contribution in [0.5, 0.6) is 5.75 Å². The first-order valence-corrected chi connectivity index (χ1v) is 10.5. The highest BCUT2D eigenvalue weighted by atomic mass is 35.5. The molecule has 0 unspecified atom stereocenters. The maximum Gasteiger partial charge on any atom is 0.263 e. The van der Waals surface area contributed by atoms with E-state index in [4.69, 9.17) is 16.3 Å². The number of amides is 1. The minimum absolute atomic E-state index is 0.121. The predicted octanol–water partition coefficient (Wildman–Crippen LogP) is 5.04. The highest BCUT2D eigenvalue weighted by Gasteiger charge is 2.15. The van der Waals surface area contributed by atoms with Gasteiger partial charge in [0, 0.05) is 16.5 Å². The largest absolute Gasteiger partial charge is 0.484 e. The van der Waals surface area contributed by atoms with Crippen LogP contribution in [-0.2, 0) is 4.79 Å². The van der Waals surface area contributed by atoms with Gasteiger partial charge in [0.05, 0.1) is 16.3 Å². The Bertz CT molecular complexity index is 1090. The molecule has 0 aliphatic heterocycles. The molecule has 4 aromatic rings. The van der Waals surface area contributed by atoms with E-state index in [1.165, 1.54) is 11.3 Å². The minimum atomic E-state index is -0.286. The lowest BCUT2D eigenvalue weighted by molar-refractivity contribution is -0.118. The van der Waals surface area contributed by atoms with Gasteiger partial charge in [-0.3, -0.25) is 4.79 Å². The van der Waals surface area contributed by atoms with E-state index >= 15 is 0 Å². The second-order valence-corrected chi connectivity index (χ2v) is 8.09. The summed E-state index contributed by atoms with van der Waals surface area (Å²) in [6, 6.07) is 12.7. The zero-order valence-electron chi connectivity index (χ0n) is 14.8. The lowest BCUT2D eigenvalue weighted by atomic mass is 10.3. The van der Waals surface area contributed by atoms with Crippen molar-refractivity contribution in [2.45, 2.75) is 6.92 Å². The number of anilines is 1. The SMILES string of the molecule is Cc1cc(NC(=O)COc2ccc(Cl)cc2)n(-c2nc(-c3cccs3)cs2)n1. The molecule has 142 valence electrons. The van der Waals surface area contributed by atoms with E-state index in [0.29, 0.717) is 21.7 Å². The summed E-state index contributed by atoms with van der Waals surface area (Å²) in [5, 5.41) is 12.6. The summed E-state index contributed by atoms with van der Waals surface area (Å²) in [5.41, 5.74) is 1.67. The third-order valence-electron chi connectivity index (χ3n) is 3.73. The summed E-state index contributed by atoms with van der Waals surface area (Å²) < 4.78 is 7.12. The average Bonchev–Trinajstić information content (AvgIpc) is 3.41. The van der Waals surface area contributed by atoms with Crippen molar-refractivity contribution in [1.82, 2.24) is 14.8 Å². The molecule has 3 aromatic heterocycles. The van der Waals surface area contributed by atoms with E-state index in [2.05, 4.69) is 15.4 Å². The molecule has 0 aliphatic rings. The number of aromatic nitrogens is 3. The zero-order chi connectivity index (χ0) is 19.5. The Kier molecular flexibility index (Phi) is 5.43. The van der Waals surface area contributed by atoms with Crippen molar-refractivity contribution in [2.24, 2.45) is 0 Å². The number of benzene rings is 1. The van der Waals surface area contributed by atoms with Crippen LogP contribution < -0.4 is 10.1 Å². The molecule has 0 saturated heterocycles. The first-order valence-electron chi connectivity index (χ1n) is 8.33. The normalized spacial score (nSPS) is 10.8. The fourth-order valence-corrected chi connectivity index (χ4v) is 4.17. The summed E-state index contributed by atoms with van der Waals surface area (Å²) in [4.78, 5) is 18.1. The van der Waals surface area contributed by atoms with Crippen LogP contribution in [0.15, 0.2) is 53.2 Å². The molecule has 0 aliphatic carbocycles. The van der Waals surface area contributed by atoms with Crippen LogP contribution in [0.25, 0.3) is 15.7 Å². The molecule has 28 heavy (non-hydrogen) atoms. The zero-order valence-corrected chi connectivity index (χ0v) is 17.1. The molecule has 9 heteroatoms. The number of aryl methyl sites for hydroxylation is 1. The van der Waals surface area contributed by atoms with Crippen molar-refractivity contribution < 1.29 is 9.53 Å². The molecule has 1 aromatic carbocycles. The van der Waals surface area contributed by atoms with Crippen molar-refractivity contribution in [3.8, 4) is 21.5 Å². The second kappa shape index (κ2) is 8.14. The van der Waals surface area contributed by atoms with Gasteiger partial charge in [-0.05, 0) is 42.6 Å². The maximum atomic E-state index is 12.3. The number of nitrogens with one attached hydrogen (secondary N) is 1. The van der Waals surface area contributed by atoms with Gasteiger partial charge in [0.2, 0.25) is 5.13 Å².